The molecule has 0 aliphatic carbocycles. The molecule has 106 valence electrons. The monoisotopic (exact) mass is 267 g/mol. The normalized spacial score (nSPS) is 24.6. The fourth-order valence-electron chi connectivity index (χ4n) is 2.49. The summed E-state index contributed by atoms with van der Waals surface area (Å²) in [5, 5.41) is 3.47. The van der Waals surface area contributed by atoms with Crippen molar-refractivity contribution in [1.82, 2.24) is 5.32 Å². The predicted octanol–water partition coefficient (Wildman–Crippen LogP) is 2.67. The number of nitrogens with one attached hydrogen (secondary N) is 1. The van der Waals surface area contributed by atoms with Gasteiger partial charge in [-0.1, -0.05) is 19.1 Å². The first-order chi connectivity index (χ1) is 9.19. The van der Waals surface area contributed by atoms with Gasteiger partial charge in [-0.25, -0.2) is 4.39 Å². The molecule has 1 aromatic rings. The van der Waals surface area contributed by atoms with E-state index >= 15 is 0 Å². The van der Waals surface area contributed by atoms with Gasteiger partial charge < -0.3 is 14.8 Å². The molecular formula is C15H22FNO2. The fraction of sp³-hybridized carbons (Fsp3) is 0.600. The highest BCUT2D eigenvalue weighted by molar-refractivity contribution is 5.20. The Labute approximate surface area is 114 Å². The van der Waals surface area contributed by atoms with Gasteiger partial charge in [-0.05, 0) is 24.1 Å². The molecule has 1 heterocycles. The van der Waals surface area contributed by atoms with Crippen LogP contribution in [0.2, 0.25) is 0 Å². The molecule has 0 bridgehead atoms. The lowest BCUT2D eigenvalue weighted by atomic mass is 10.00. The largest absolute Gasteiger partial charge is 0.378 e. The summed E-state index contributed by atoms with van der Waals surface area (Å²) in [6, 6.07) is 6.90. The first-order valence-electron chi connectivity index (χ1n) is 6.81. The highest BCUT2D eigenvalue weighted by Crippen LogP contribution is 2.24. The summed E-state index contributed by atoms with van der Waals surface area (Å²) in [5.74, 6) is -0.191. The molecule has 4 heteroatoms. The van der Waals surface area contributed by atoms with Crippen molar-refractivity contribution < 1.29 is 13.9 Å². The molecule has 1 aliphatic rings. The predicted molar refractivity (Wildman–Crippen MR) is 72.6 cm³/mol. The van der Waals surface area contributed by atoms with Crippen molar-refractivity contribution in [1.29, 1.82) is 0 Å². The molecule has 0 saturated carbocycles. The molecule has 2 unspecified atom stereocenters. The fourth-order valence-corrected chi connectivity index (χ4v) is 2.49. The van der Waals surface area contributed by atoms with Crippen molar-refractivity contribution in [2.24, 2.45) is 0 Å². The van der Waals surface area contributed by atoms with Crippen LogP contribution < -0.4 is 5.32 Å². The standard InChI is InChI=1S/C15H22FNO2/c1-3-14(12-5-4-6-13(16)9-12)17-10-15(18-2)7-8-19-11-15/h4-6,9,14,17H,3,7-8,10-11H2,1-2H3. The Bertz CT molecular complexity index is 405. The van der Waals surface area contributed by atoms with E-state index in [2.05, 4.69) is 12.2 Å². The minimum atomic E-state index is -0.235. The molecule has 1 aromatic carbocycles. The quantitative estimate of drug-likeness (QED) is 0.859. The van der Waals surface area contributed by atoms with Crippen LogP contribution in [0.5, 0.6) is 0 Å². The highest BCUT2D eigenvalue weighted by Gasteiger charge is 2.35. The topological polar surface area (TPSA) is 30.5 Å². The van der Waals surface area contributed by atoms with Crippen molar-refractivity contribution in [3.63, 3.8) is 0 Å². The zero-order chi connectivity index (χ0) is 13.7. The minimum Gasteiger partial charge on any atom is -0.378 e. The van der Waals surface area contributed by atoms with E-state index < -0.39 is 0 Å². The SMILES string of the molecule is CCC(NCC1(OC)CCOC1)c1cccc(F)c1. The van der Waals surface area contributed by atoms with Gasteiger partial charge in [-0.3, -0.25) is 0 Å². The van der Waals surface area contributed by atoms with Gasteiger partial charge in [-0.2, -0.15) is 0 Å². The molecule has 0 spiro atoms. The van der Waals surface area contributed by atoms with Gasteiger partial charge in [0.15, 0.2) is 0 Å². The van der Waals surface area contributed by atoms with E-state index in [1.165, 1.54) is 6.07 Å². The van der Waals surface area contributed by atoms with E-state index in [-0.39, 0.29) is 17.5 Å². The van der Waals surface area contributed by atoms with Crippen LogP contribution in [0.4, 0.5) is 4.39 Å². The van der Waals surface area contributed by atoms with E-state index in [9.17, 15) is 4.39 Å². The van der Waals surface area contributed by atoms with Crippen LogP contribution >= 0.6 is 0 Å². The third kappa shape index (κ3) is 3.53. The van der Waals surface area contributed by atoms with Gasteiger partial charge in [0, 0.05) is 32.7 Å². The number of rotatable bonds is 6. The second-order valence-corrected chi connectivity index (χ2v) is 5.09. The molecule has 1 N–H and O–H groups in total. The lowest BCUT2D eigenvalue weighted by molar-refractivity contribution is -0.0176. The first kappa shape index (κ1) is 14.4. The van der Waals surface area contributed by atoms with Crippen LogP contribution in [0.1, 0.15) is 31.4 Å². The van der Waals surface area contributed by atoms with Gasteiger partial charge in [0.1, 0.15) is 11.4 Å². The van der Waals surface area contributed by atoms with Crippen molar-refractivity contribution in [2.45, 2.75) is 31.4 Å². The summed E-state index contributed by atoms with van der Waals surface area (Å²) in [6.45, 7) is 4.17. The number of ether oxygens (including phenoxy) is 2. The van der Waals surface area contributed by atoms with E-state index in [1.807, 2.05) is 6.07 Å². The number of hydrogen-bond acceptors (Lipinski definition) is 3. The van der Waals surface area contributed by atoms with Crippen molar-refractivity contribution in [3.8, 4) is 0 Å². The summed E-state index contributed by atoms with van der Waals surface area (Å²) in [6.07, 6.45) is 1.81. The van der Waals surface area contributed by atoms with Crippen LogP contribution in [0.15, 0.2) is 24.3 Å². The third-order valence-corrected chi connectivity index (χ3v) is 3.83. The summed E-state index contributed by atoms with van der Waals surface area (Å²) in [4.78, 5) is 0. The molecule has 0 aromatic heterocycles. The van der Waals surface area contributed by atoms with Gasteiger partial charge in [-0.15, -0.1) is 0 Å². The first-order valence-corrected chi connectivity index (χ1v) is 6.81. The molecule has 2 rings (SSSR count). The molecule has 19 heavy (non-hydrogen) atoms. The average Bonchev–Trinajstić information content (AvgIpc) is 2.89. The second-order valence-electron chi connectivity index (χ2n) is 5.09. The lowest BCUT2D eigenvalue weighted by Crippen LogP contribution is -2.44. The maximum absolute atomic E-state index is 13.3. The van der Waals surface area contributed by atoms with E-state index in [0.717, 1.165) is 31.6 Å². The smallest absolute Gasteiger partial charge is 0.123 e. The van der Waals surface area contributed by atoms with Gasteiger partial charge in [0.25, 0.3) is 0 Å². The van der Waals surface area contributed by atoms with Crippen LogP contribution in [0.25, 0.3) is 0 Å². The van der Waals surface area contributed by atoms with Crippen LogP contribution in [0.3, 0.4) is 0 Å². The van der Waals surface area contributed by atoms with Crippen LogP contribution in [-0.4, -0.2) is 32.5 Å². The molecule has 1 aliphatic heterocycles. The highest BCUT2D eigenvalue weighted by atomic mass is 19.1. The van der Waals surface area contributed by atoms with Crippen molar-refractivity contribution in [3.05, 3.63) is 35.6 Å². The number of hydrogen-bond donors (Lipinski definition) is 1. The maximum atomic E-state index is 13.3. The minimum absolute atomic E-state index is 0.142. The number of halogens is 1. The lowest BCUT2D eigenvalue weighted by Gasteiger charge is -2.29. The number of benzene rings is 1. The molecule has 1 saturated heterocycles. The Hall–Kier alpha value is -0.970. The Morgan fingerprint density at radius 1 is 1.53 bits per heavy atom. The molecule has 3 nitrogen and oxygen atoms in total. The van der Waals surface area contributed by atoms with E-state index in [4.69, 9.17) is 9.47 Å². The zero-order valence-corrected chi connectivity index (χ0v) is 11.6. The number of methoxy groups -OCH3 is 1. The second kappa shape index (κ2) is 6.46. The Morgan fingerprint density at radius 2 is 2.37 bits per heavy atom. The van der Waals surface area contributed by atoms with E-state index in [0.29, 0.717) is 6.61 Å². The molecule has 1 fully saturated rings. The van der Waals surface area contributed by atoms with Crippen molar-refractivity contribution in [2.75, 3.05) is 26.9 Å². The van der Waals surface area contributed by atoms with Gasteiger partial charge >= 0.3 is 0 Å². The Kier molecular flexibility index (Phi) is 4.91. The summed E-state index contributed by atoms with van der Waals surface area (Å²) in [7, 11) is 1.72. The zero-order valence-electron chi connectivity index (χ0n) is 11.6. The summed E-state index contributed by atoms with van der Waals surface area (Å²) < 4.78 is 24.3. The summed E-state index contributed by atoms with van der Waals surface area (Å²) in [5.41, 5.74) is 0.744. The summed E-state index contributed by atoms with van der Waals surface area (Å²) >= 11 is 0. The Balaban J connectivity index is 1.99. The molecule has 0 radical (unpaired) electrons. The maximum Gasteiger partial charge on any atom is 0.123 e. The van der Waals surface area contributed by atoms with Crippen LogP contribution in [0, 0.1) is 5.82 Å². The van der Waals surface area contributed by atoms with E-state index in [1.54, 1.807) is 19.2 Å². The van der Waals surface area contributed by atoms with Gasteiger partial charge in [0.2, 0.25) is 0 Å². The Morgan fingerprint density at radius 3 is 2.95 bits per heavy atom. The van der Waals surface area contributed by atoms with Crippen molar-refractivity contribution >= 4 is 0 Å². The van der Waals surface area contributed by atoms with Gasteiger partial charge in [0.05, 0.1) is 6.61 Å². The molecule has 0 amide bonds. The van der Waals surface area contributed by atoms with Crippen LogP contribution in [-0.2, 0) is 9.47 Å². The third-order valence-electron chi connectivity index (χ3n) is 3.83. The molecular weight excluding hydrogens is 245 g/mol. The average molecular weight is 267 g/mol. The molecule has 2 atom stereocenters.